The van der Waals surface area contributed by atoms with E-state index < -0.39 is 0 Å². The van der Waals surface area contributed by atoms with Crippen molar-refractivity contribution in [1.82, 2.24) is 0 Å². The molecule has 0 bridgehead atoms. The minimum atomic E-state index is 0. The highest BCUT2D eigenvalue weighted by atomic mass is 16.5. The van der Waals surface area contributed by atoms with Crippen LogP contribution in [0.15, 0.2) is 0 Å². The van der Waals surface area contributed by atoms with Gasteiger partial charge in [0, 0.05) is 7.11 Å². The molecule has 0 aromatic carbocycles. The second kappa shape index (κ2) is 4.99. The fraction of sp³-hybridized carbons (Fsp3) is 1.00. The molecule has 1 rings (SSSR count). The summed E-state index contributed by atoms with van der Waals surface area (Å²) in [5, 5.41) is 0. The highest BCUT2D eigenvalue weighted by Gasteiger charge is 2.29. The van der Waals surface area contributed by atoms with Crippen molar-refractivity contribution < 1.29 is 4.74 Å². The van der Waals surface area contributed by atoms with Gasteiger partial charge >= 0.3 is 0 Å². The number of hydrogen-bond donors (Lipinski definition) is 0. The van der Waals surface area contributed by atoms with Crippen molar-refractivity contribution in [3.05, 3.63) is 0 Å². The molecule has 1 aliphatic carbocycles. The third kappa shape index (κ3) is 3.68. The molecule has 1 heteroatoms. The molecule has 1 aliphatic rings. The van der Waals surface area contributed by atoms with Crippen LogP contribution in [0.1, 0.15) is 53.9 Å². The molecule has 0 saturated heterocycles. The Morgan fingerprint density at radius 2 is 1.46 bits per heavy atom. The number of rotatable bonds is 1. The SMILES string of the molecule is C.COC1CCC(C(C)(C)C)CC1. The van der Waals surface area contributed by atoms with E-state index in [1.165, 1.54) is 25.7 Å². The van der Waals surface area contributed by atoms with Gasteiger partial charge in [0.15, 0.2) is 0 Å². The van der Waals surface area contributed by atoms with Crippen molar-refractivity contribution in [1.29, 1.82) is 0 Å². The number of methoxy groups -OCH3 is 1. The van der Waals surface area contributed by atoms with Gasteiger partial charge in [0.05, 0.1) is 6.10 Å². The molecule has 0 atom stereocenters. The Balaban J connectivity index is 0.00000144. The topological polar surface area (TPSA) is 9.23 Å². The standard InChI is InChI=1S/C11H22O.CH4/c1-11(2,3)9-5-7-10(12-4)8-6-9;/h9-10H,5-8H2,1-4H3;1H4. The van der Waals surface area contributed by atoms with Crippen LogP contribution in [0.25, 0.3) is 0 Å². The maximum absolute atomic E-state index is 5.35. The molecule has 0 aromatic rings. The first-order valence-electron chi connectivity index (χ1n) is 5.07. The molecule has 0 aromatic heterocycles. The second-order valence-corrected chi connectivity index (χ2v) is 5.08. The Bertz CT molecular complexity index is 127. The largest absolute Gasteiger partial charge is 0.381 e. The first-order chi connectivity index (χ1) is 5.54. The Hall–Kier alpha value is -0.0400. The fourth-order valence-corrected chi connectivity index (χ4v) is 2.16. The van der Waals surface area contributed by atoms with E-state index in [1.807, 2.05) is 7.11 Å². The molecule has 0 unspecified atom stereocenters. The lowest BCUT2D eigenvalue weighted by molar-refractivity contribution is 0.0353. The van der Waals surface area contributed by atoms with Crippen molar-refractivity contribution in [3.8, 4) is 0 Å². The van der Waals surface area contributed by atoms with Crippen LogP contribution in [0.3, 0.4) is 0 Å². The molecule has 0 N–H and O–H groups in total. The van der Waals surface area contributed by atoms with Crippen LogP contribution in [-0.2, 0) is 4.74 Å². The van der Waals surface area contributed by atoms with E-state index in [4.69, 9.17) is 4.74 Å². The maximum atomic E-state index is 5.35. The van der Waals surface area contributed by atoms with Crippen LogP contribution < -0.4 is 0 Å². The maximum Gasteiger partial charge on any atom is 0.0571 e. The number of ether oxygens (including phenoxy) is 1. The molecular weight excluding hydrogens is 160 g/mol. The molecule has 1 nitrogen and oxygen atoms in total. The van der Waals surface area contributed by atoms with Gasteiger partial charge < -0.3 is 4.74 Å². The molecule has 0 aliphatic heterocycles. The van der Waals surface area contributed by atoms with Gasteiger partial charge in [-0.2, -0.15) is 0 Å². The predicted octanol–water partition coefficient (Wildman–Crippen LogP) is 3.87. The normalized spacial score (nSPS) is 29.5. The zero-order valence-corrected chi connectivity index (χ0v) is 8.89. The second-order valence-electron chi connectivity index (χ2n) is 5.08. The zero-order chi connectivity index (χ0) is 9.19. The molecule has 0 amide bonds. The van der Waals surface area contributed by atoms with E-state index in [9.17, 15) is 0 Å². The van der Waals surface area contributed by atoms with E-state index in [1.54, 1.807) is 0 Å². The summed E-state index contributed by atoms with van der Waals surface area (Å²) in [5.74, 6) is 0.906. The van der Waals surface area contributed by atoms with Gasteiger partial charge in [-0.15, -0.1) is 0 Å². The van der Waals surface area contributed by atoms with Crippen LogP contribution in [0.5, 0.6) is 0 Å². The van der Waals surface area contributed by atoms with Crippen LogP contribution in [0, 0.1) is 11.3 Å². The van der Waals surface area contributed by atoms with Gasteiger partial charge in [-0.05, 0) is 37.0 Å². The Morgan fingerprint density at radius 1 is 1.00 bits per heavy atom. The summed E-state index contributed by atoms with van der Waals surface area (Å²) in [6.07, 6.45) is 5.77. The van der Waals surface area contributed by atoms with E-state index >= 15 is 0 Å². The molecule has 0 heterocycles. The van der Waals surface area contributed by atoms with Crippen LogP contribution in [0.2, 0.25) is 0 Å². The van der Waals surface area contributed by atoms with E-state index in [2.05, 4.69) is 20.8 Å². The summed E-state index contributed by atoms with van der Waals surface area (Å²) in [5.41, 5.74) is 0.499. The van der Waals surface area contributed by atoms with Gasteiger partial charge in [-0.25, -0.2) is 0 Å². The summed E-state index contributed by atoms with van der Waals surface area (Å²) >= 11 is 0. The van der Waals surface area contributed by atoms with Gasteiger partial charge in [-0.1, -0.05) is 28.2 Å². The van der Waals surface area contributed by atoms with Crippen LogP contribution in [0.4, 0.5) is 0 Å². The monoisotopic (exact) mass is 186 g/mol. The van der Waals surface area contributed by atoms with Gasteiger partial charge in [0.2, 0.25) is 0 Å². The average molecular weight is 186 g/mol. The lowest BCUT2D eigenvalue weighted by Gasteiger charge is -2.36. The van der Waals surface area contributed by atoms with Crippen molar-refractivity contribution in [2.24, 2.45) is 11.3 Å². The first-order valence-corrected chi connectivity index (χ1v) is 5.07. The van der Waals surface area contributed by atoms with Crippen molar-refractivity contribution in [2.45, 2.75) is 60.0 Å². The van der Waals surface area contributed by atoms with E-state index in [-0.39, 0.29) is 7.43 Å². The van der Waals surface area contributed by atoms with Gasteiger partial charge in [-0.3, -0.25) is 0 Å². The smallest absolute Gasteiger partial charge is 0.0571 e. The number of hydrogen-bond acceptors (Lipinski definition) is 1. The highest BCUT2D eigenvalue weighted by molar-refractivity contribution is 4.80. The highest BCUT2D eigenvalue weighted by Crippen LogP contribution is 2.38. The summed E-state index contributed by atoms with van der Waals surface area (Å²) in [6, 6.07) is 0. The molecule has 13 heavy (non-hydrogen) atoms. The third-order valence-electron chi connectivity index (χ3n) is 3.23. The van der Waals surface area contributed by atoms with Gasteiger partial charge in [0.1, 0.15) is 0 Å². The Kier molecular flexibility index (Phi) is 4.98. The van der Waals surface area contributed by atoms with Crippen molar-refractivity contribution >= 4 is 0 Å². The summed E-state index contributed by atoms with van der Waals surface area (Å²) in [7, 11) is 1.84. The van der Waals surface area contributed by atoms with Crippen LogP contribution in [-0.4, -0.2) is 13.2 Å². The quantitative estimate of drug-likeness (QED) is 0.604. The lowest BCUT2D eigenvalue weighted by Crippen LogP contribution is -2.28. The molecule has 0 spiro atoms. The summed E-state index contributed by atoms with van der Waals surface area (Å²) in [6.45, 7) is 7.06. The fourth-order valence-electron chi connectivity index (χ4n) is 2.16. The Labute approximate surface area is 83.9 Å². The average Bonchev–Trinajstić information content (AvgIpc) is 2.03. The summed E-state index contributed by atoms with van der Waals surface area (Å²) in [4.78, 5) is 0. The molecule has 1 fully saturated rings. The lowest BCUT2D eigenvalue weighted by atomic mass is 9.72. The molecule has 80 valence electrons. The molecular formula is C12H26O. The molecule has 1 saturated carbocycles. The van der Waals surface area contributed by atoms with Crippen LogP contribution >= 0.6 is 0 Å². The van der Waals surface area contributed by atoms with Gasteiger partial charge in [0.25, 0.3) is 0 Å². The Morgan fingerprint density at radius 3 is 1.77 bits per heavy atom. The molecule has 0 radical (unpaired) electrons. The zero-order valence-electron chi connectivity index (χ0n) is 8.89. The van der Waals surface area contributed by atoms with Crippen molar-refractivity contribution in [2.75, 3.05) is 7.11 Å². The third-order valence-corrected chi connectivity index (χ3v) is 3.23. The van der Waals surface area contributed by atoms with Crippen molar-refractivity contribution in [3.63, 3.8) is 0 Å². The first kappa shape index (κ1) is 13.0. The predicted molar refractivity (Wildman–Crippen MR) is 58.9 cm³/mol. The minimum Gasteiger partial charge on any atom is -0.381 e. The van der Waals surface area contributed by atoms with E-state index in [0.29, 0.717) is 11.5 Å². The van der Waals surface area contributed by atoms with E-state index in [0.717, 1.165) is 5.92 Å². The minimum absolute atomic E-state index is 0. The summed E-state index contributed by atoms with van der Waals surface area (Å²) < 4.78 is 5.35.